The number of halogens is 2. The van der Waals surface area contributed by atoms with Gasteiger partial charge in [0.1, 0.15) is 16.9 Å². The van der Waals surface area contributed by atoms with Crippen molar-refractivity contribution in [2.75, 3.05) is 22.4 Å². The van der Waals surface area contributed by atoms with Crippen LogP contribution >= 0.6 is 0 Å². The Labute approximate surface area is 183 Å². The summed E-state index contributed by atoms with van der Waals surface area (Å²) in [6.07, 6.45) is 0.890. The number of amides is 1. The van der Waals surface area contributed by atoms with E-state index in [-0.39, 0.29) is 25.3 Å². The lowest BCUT2D eigenvalue weighted by molar-refractivity contribution is -0.116. The molecule has 1 heterocycles. The molecule has 0 radical (unpaired) electrons. The number of furan rings is 1. The van der Waals surface area contributed by atoms with E-state index in [1.165, 1.54) is 0 Å². The third-order valence-electron chi connectivity index (χ3n) is 5.01. The first-order chi connectivity index (χ1) is 15.2. The SMILES string of the molecule is CS(=O)(=O)N(CCCC(=O)Nc1ccc2c(c1)oc1ccccc12)c1c(F)cccc1F. The number of nitrogens with zero attached hydrogens (tertiary/aromatic N) is 1. The van der Waals surface area contributed by atoms with Crippen LogP contribution in [0.1, 0.15) is 12.8 Å². The average molecular weight is 458 g/mol. The minimum Gasteiger partial charge on any atom is -0.456 e. The lowest BCUT2D eigenvalue weighted by Crippen LogP contribution is -2.33. The van der Waals surface area contributed by atoms with Crippen LogP contribution in [0.15, 0.2) is 65.1 Å². The molecule has 0 bridgehead atoms. The van der Waals surface area contributed by atoms with Gasteiger partial charge in [-0.1, -0.05) is 24.3 Å². The fraction of sp³-hybridized carbons (Fsp3) is 0.174. The van der Waals surface area contributed by atoms with Gasteiger partial charge >= 0.3 is 0 Å². The highest BCUT2D eigenvalue weighted by Gasteiger charge is 2.24. The molecule has 1 N–H and O–H groups in total. The second-order valence-corrected chi connectivity index (χ2v) is 9.27. The predicted molar refractivity (Wildman–Crippen MR) is 120 cm³/mol. The number of fused-ring (bicyclic) bond motifs is 3. The molecular formula is C23H20F2N2O4S. The van der Waals surface area contributed by atoms with Gasteiger partial charge in [-0.3, -0.25) is 9.10 Å². The molecule has 4 rings (SSSR count). The van der Waals surface area contributed by atoms with E-state index >= 15 is 0 Å². The van der Waals surface area contributed by atoms with Crippen molar-refractivity contribution in [2.45, 2.75) is 12.8 Å². The first-order valence-corrected chi connectivity index (χ1v) is 11.7. The number of sulfonamides is 1. The second kappa shape index (κ2) is 8.58. The van der Waals surface area contributed by atoms with Crippen LogP contribution in [0.3, 0.4) is 0 Å². The van der Waals surface area contributed by atoms with E-state index in [0.29, 0.717) is 15.6 Å². The standard InChI is InChI=1S/C23H20F2N2O4S/c1-32(29,30)27(23-18(24)7-4-8-19(23)25)13-5-10-22(28)26-15-11-12-17-16-6-2-3-9-20(16)31-21(17)14-15/h2-4,6-9,11-12,14H,5,10,13H2,1H3,(H,26,28). The third-order valence-corrected chi connectivity index (χ3v) is 6.18. The number of nitrogens with one attached hydrogen (secondary N) is 1. The van der Waals surface area contributed by atoms with Crippen LogP contribution in [0.4, 0.5) is 20.2 Å². The van der Waals surface area contributed by atoms with Crippen molar-refractivity contribution in [2.24, 2.45) is 0 Å². The molecule has 9 heteroatoms. The third kappa shape index (κ3) is 4.43. The molecule has 0 aliphatic carbocycles. The van der Waals surface area contributed by atoms with Gasteiger partial charge in [0.2, 0.25) is 15.9 Å². The van der Waals surface area contributed by atoms with Crippen molar-refractivity contribution in [3.05, 3.63) is 72.3 Å². The summed E-state index contributed by atoms with van der Waals surface area (Å²) in [5.74, 6) is -2.33. The van der Waals surface area contributed by atoms with Crippen molar-refractivity contribution in [1.82, 2.24) is 0 Å². The largest absolute Gasteiger partial charge is 0.456 e. The predicted octanol–water partition coefficient (Wildman–Crippen LogP) is 5.05. The van der Waals surface area contributed by atoms with Crippen LogP contribution < -0.4 is 9.62 Å². The molecule has 166 valence electrons. The number of hydrogen-bond donors (Lipinski definition) is 1. The molecule has 6 nitrogen and oxygen atoms in total. The van der Waals surface area contributed by atoms with Crippen LogP contribution in [0.25, 0.3) is 21.9 Å². The fourth-order valence-corrected chi connectivity index (χ4v) is 4.55. The number of para-hydroxylation sites is 2. The van der Waals surface area contributed by atoms with E-state index in [2.05, 4.69) is 5.32 Å². The van der Waals surface area contributed by atoms with Crippen molar-refractivity contribution in [3.8, 4) is 0 Å². The van der Waals surface area contributed by atoms with Crippen LogP contribution in [0, 0.1) is 11.6 Å². The molecule has 1 amide bonds. The Balaban J connectivity index is 1.43. The molecule has 0 saturated heterocycles. The van der Waals surface area contributed by atoms with Crippen molar-refractivity contribution < 1.29 is 26.4 Å². The number of rotatable bonds is 7. The summed E-state index contributed by atoms with van der Waals surface area (Å²) in [5.41, 5.74) is 1.25. The summed E-state index contributed by atoms with van der Waals surface area (Å²) in [7, 11) is -3.95. The first-order valence-electron chi connectivity index (χ1n) is 9.87. The number of benzene rings is 3. The maximum absolute atomic E-state index is 14.1. The summed E-state index contributed by atoms with van der Waals surface area (Å²) in [6.45, 7) is -0.243. The zero-order chi connectivity index (χ0) is 22.9. The van der Waals surface area contributed by atoms with Crippen LogP contribution in [-0.2, 0) is 14.8 Å². The van der Waals surface area contributed by atoms with Crippen LogP contribution in [0.5, 0.6) is 0 Å². The first kappa shape index (κ1) is 21.8. The maximum atomic E-state index is 14.1. The Morgan fingerprint density at radius 1 is 0.969 bits per heavy atom. The topological polar surface area (TPSA) is 79.6 Å². The molecule has 0 fully saturated rings. The molecule has 3 aromatic carbocycles. The quantitative estimate of drug-likeness (QED) is 0.420. The van der Waals surface area contributed by atoms with E-state index in [1.807, 2.05) is 30.3 Å². The van der Waals surface area contributed by atoms with Gasteiger partial charge < -0.3 is 9.73 Å². The molecule has 0 spiro atoms. The minimum absolute atomic E-state index is 0.0414. The lowest BCUT2D eigenvalue weighted by Gasteiger charge is -2.23. The van der Waals surface area contributed by atoms with Crippen molar-refractivity contribution in [1.29, 1.82) is 0 Å². The van der Waals surface area contributed by atoms with E-state index in [1.54, 1.807) is 12.1 Å². The molecule has 0 saturated carbocycles. The molecule has 0 aliphatic heterocycles. The van der Waals surface area contributed by atoms with E-state index < -0.39 is 27.3 Å². The van der Waals surface area contributed by atoms with E-state index in [4.69, 9.17) is 4.42 Å². The minimum atomic E-state index is -3.95. The van der Waals surface area contributed by atoms with Gasteiger partial charge in [-0.2, -0.15) is 0 Å². The maximum Gasteiger partial charge on any atom is 0.232 e. The zero-order valence-corrected chi connectivity index (χ0v) is 18.0. The average Bonchev–Trinajstić information content (AvgIpc) is 3.09. The zero-order valence-electron chi connectivity index (χ0n) is 17.1. The Bertz CT molecular complexity index is 1400. The van der Waals surface area contributed by atoms with Crippen molar-refractivity contribution in [3.63, 3.8) is 0 Å². The second-order valence-electron chi connectivity index (χ2n) is 7.37. The molecule has 1 aromatic heterocycles. The molecule has 32 heavy (non-hydrogen) atoms. The Morgan fingerprint density at radius 2 is 1.66 bits per heavy atom. The monoisotopic (exact) mass is 458 g/mol. The van der Waals surface area contributed by atoms with E-state index in [0.717, 1.165) is 40.8 Å². The molecule has 0 atom stereocenters. The highest BCUT2D eigenvalue weighted by Crippen LogP contribution is 2.30. The summed E-state index contributed by atoms with van der Waals surface area (Å²) in [5, 5.41) is 4.64. The smallest absolute Gasteiger partial charge is 0.232 e. The Morgan fingerprint density at radius 3 is 2.38 bits per heavy atom. The van der Waals surface area contributed by atoms with Gasteiger partial charge in [0.05, 0.1) is 6.26 Å². The van der Waals surface area contributed by atoms with Crippen LogP contribution in [0.2, 0.25) is 0 Å². The number of hydrogen-bond acceptors (Lipinski definition) is 4. The van der Waals surface area contributed by atoms with Gasteiger partial charge in [-0.05, 0) is 36.8 Å². The molecule has 0 unspecified atom stereocenters. The Kier molecular flexibility index (Phi) is 5.84. The fourth-order valence-electron chi connectivity index (χ4n) is 3.58. The van der Waals surface area contributed by atoms with Gasteiger partial charge in [-0.25, -0.2) is 17.2 Å². The lowest BCUT2D eigenvalue weighted by atomic mass is 10.1. The molecule has 4 aromatic rings. The summed E-state index contributed by atoms with van der Waals surface area (Å²) in [6, 6.07) is 16.0. The number of anilines is 2. The van der Waals surface area contributed by atoms with E-state index in [9.17, 15) is 22.0 Å². The van der Waals surface area contributed by atoms with Crippen LogP contribution in [-0.4, -0.2) is 27.1 Å². The highest BCUT2D eigenvalue weighted by atomic mass is 32.2. The summed E-state index contributed by atoms with van der Waals surface area (Å²) < 4.78 is 58.8. The number of carbonyl (C=O) groups excluding carboxylic acids is 1. The van der Waals surface area contributed by atoms with Gasteiger partial charge in [0, 0.05) is 35.5 Å². The van der Waals surface area contributed by atoms with Gasteiger partial charge in [0.25, 0.3) is 0 Å². The van der Waals surface area contributed by atoms with Gasteiger partial charge in [0.15, 0.2) is 11.6 Å². The molecule has 0 aliphatic rings. The Hall–Kier alpha value is -3.46. The highest BCUT2D eigenvalue weighted by molar-refractivity contribution is 7.92. The van der Waals surface area contributed by atoms with Gasteiger partial charge in [-0.15, -0.1) is 0 Å². The normalized spacial score (nSPS) is 11.7. The number of carbonyl (C=O) groups is 1. The summed E-state index contributed by atoms with van der Waals surface area (Å²) in [4.78, 5) is 12.4. The molecular weight excluding hydrogens is 438 g/mol. The van der Waals surface area contributed by atoms with Crippen molar-refractivity contribution >= 4 is 49.2 Å². The summed E-state index contributed by atoms with van der Waals surface area (Å²) >= 11 is 0.